The van der Waals surface area contributed by atoms with E-state index in [0.29, 0.717) is 5.56 Å². The van der Waals surface area contributed by atoms with Crippen molar-refractivity contribution in [1.82, 2.24) is 5.31 Å². The topological polar surface area (TPSA) is 136 Å². The van der Waals surface area contributed by atoms with Gasteiger partial charge in [-0.05, 0) is 5.56 Å². The zero-order valence-corrected chi connectivity index (χ0v) is 11.6. The monoisotopic (exact) mass is 314 g/mol. The Morgan fingerprint density at radius 3 is 2.45 bits per heavy atom. The second-order valence-corrected chi connectivity index (χ2v) is 4.53. The molecule has 0 radical (unpaired) electrons. The largest absolute Gasteiger partial charge is 0.445 e. The van der Waals surface area contributed by atoms with E-state index >= 15 is 0 Å². The van der Waals surface area contributed by atoms with Crippen LogP contribution in [0.25, 0.3) is 0 Å². The molecule has 4 atom stereocenters. The molecule has 0 saturated heterocycles. The summed E-state index contributed by atoms with van der Waals surface area (Å²) in [6, 6.07) is 6.84. The van der Waals surface area contributed by atoms with Crippen LogP contribution in [-0.4, -0.2) is 63.8 Å². The molecule has 5 N–H and O–H groups in total. The van der Waals surface area contributed by atoms with Crippen molar-refractivity contribution in [2.24, 2.45) is 0 Å². The summed E-state index contributed by atoms with van der Waals surface area (Å²) in [6.45, 7) is -1.00. The van der Waals surface area contributed by atoms with Crippen LogP contribution in [0, 0.1) is 0 Å². The maximum atomic E-state index is 11.7. The molecule has 0 spiro atoms. The summed E-state index contributed by atoms with van der Waals surface area (Å²) >= 11 is 0. The standard InChI is InChI=1S/C14H19NO7/c16-6-10(12(19)13(20)11(18)7-17)15-14(21)22-8-9-4-2-1-3-5-9/h1-6,10-13,17-20H,7-8H2,(H,15,21)/t10-,11+,12+,13+/m0/s1/i/hD. The van der Waals surface area contributed by atoms with Crippen LogP contribution in [0.5, 0.6) is 0 Å². The first-order valence-corrected chi connectivity index (χ1v) is 6.51. The van der Waals surface area contributed by atoms with Crippen molar-refractivity contribution in [1.29, 1.82) is 0 Å². The molecule has 0 fully saturated rings. The van der Waals surface area contributed by atoms with Crippen molar-refractivity contribution in [3.63, 3.8) is 0 Å². The van der Waals surface area contributed by atoms with Crippen LogP contribution < -0.4 is 5.31 Å². The molecule has 122 valence electrons. The highest BCUT2D eigenvalue weighted by Crippen LogP contribution is 2.05. The Labute approximate surface area is 128 Å². The lowest BCUT2D eigenvalue weighted by atomic mass is 10.0. The van der Waals surface area contributed by atoms with Crippen molar-refractivity contribution >= 4 is 12.4 Å². The first kappa shape index (κ1) is 16.4. The van der Waals surface area contributed by atoms with E-state index in [2.05, 4.69) is 0 Å². The van der Waals surface area contributed by atoms with E-state index in [1.165, 1.54) is 0 Å². The van der Waals surface area contributed by atoms with Crippen molar-refractivity contribution in [2.45, 2.75) is 31.0 Å². The lowest BCUT2D eigenvalue weighted by Gasteiger charge is -2.25. The minimum absolute atomic E-state index is 0.0634. The Hall–Kier alpha value is -2.00. The number of carbonyl (C=O) groups is 2. The summed E-state index contributed by atoms with van der Waals surface area (Å²) in [5.41, 5.74) is 0.660. The first-order valence-electron chi connectivity index (χ1n) is 6.96. The number of hydrogen-bond acceptors (Lipinski definition) is 7. The second kappa shape index (κ2) is 9.11. The number of hydrogen-bond donors (Lipinski definition) is 5. The van der Waals surface area contributed by atoms with Gasteiger partial charge in [-0.1, -0.05) is 30.3 Å². The van der Waals surface area contributed by atoms with Gasteiger partial charge in [-0.15, -0.1) is 0 Å². The normalized spacial score (nSPS) is 16.8. The molecule has 0 unspecified atom stereocenters. The van der Waals surface area contributed by atoms with Crippen molar-refractivity contribution < 1.29 is 36.2 Å². The Morgan fingerprint density at radius 2 is 1.91 bits per heavy atom. The molecule has 1 rings (SSSR count). The van der Waals surface area contributed by atoms with Gasteiger partial charge in [0.05, 0.1) is 6.61 Å². The maximum absolute atomic E-state index is 11.7. The van der Waals surface area contributed by atoms with E-state index in [9.17, 15) is 24.9 Å². The molecule has 1 aromatic rings. The van der Waals surface area contributed by atoms with Gasteiger partial charge >= 0.3 is 6.09 Å². The molecule has 0 aliphatic rings. The van der Waals surface area contributed by atoms with E-state index in [1.807, 2.05) is 0 Å². The van der Waals surface area contributed by atoms with Gasteiger partial charge in [-0.2, -0.15) is 0 Å². The Morgan fingerprint density at radius 1 is 1.27 bits per heavy atom. The van der Waals surface area contributed by atoms with Gasteiger partial charge in [0, 0.05) is 0 Å². The third kappa shape index (κ3) is 5.41. The summed E-state index contributed by atoms with van der Waals surface area (Å²) in [6.07, 6.45) is -6.74. The molecule has 0 saturated carbocycles. The summed E-state index contributed by atoms with van der Waals surface area (Å²) in [5, 5.41) is 37.3. The van der Waals surface area contributed by atoms with E-state index in [4.69, 9.17) is 11.3 Å². The highest BCUT2D eigenvalue weighted by Gasteiger charge is 2.32. The average molecular weight is 314 g/mol. The van der Waals surface area contributed by atoms with Gasteiger partial charge in [-0.25, -0.2) is 4.79 Å². The Balaban J connectivity index is 2.65. The van der Waals surface area contributed by atoms with Crippen molar-refractivity contribution in [2.75, 3.05) is 6.61 Å². The summed E-state index contributed by atoms with van der Waals surface area (Å²) in [4.78, 5) is 22.7. The smallest absolute Gasteiger partial charge is 0.408 e. The van der Waals surface area contributed by atoms with Gasteiger partial charge in [0.15, 0.2) is 1.41 Å². The highest BCUT2D eigenvalue weighted by atomic mass is 16.5. The molecule has 0 aliphatic carbocycles. The van der Waals surface area contributed by atoms with Gasteiger partial charge < -0.3 is 35.3 Å². The van der Waals surface area contributed by atoms with Gasteiger partial charge in [0.2, 0.25) is 0 Å². The van der Waals surface area contributed by atoms with E-state index in [0.717, 1.165) is 0 Å². The highest BCUT2D eigenvalue weighted by molar-refractivity contribution is 5.73. The SMILES string of the molecule is [2H]N(C(=O)OCc1ccccc1)[C@@H](C=O)[C@@H](O)[C@H](O)[C@H](O)CO. The molecule has 8 nitrogen and oxygen atoms in total. The Kier molecular flexibility index (Phi) is 6.78. The first-order chi connectivity index (χ1) is 10.9. The molecule has 0 aliphatic heterocycles. The maximum Gasteiger partial charge on any atom is 0.408 e. The molecule has 22 heavy (non-hydrogen) atoms. The van der Waals surface area contributed by atoms with Crippen LogP contribution in [0.4, 0.5) is 4.79 Å². The fraction of sp³-hybridized carbons (Fsp3) is 0.429. The third-order valence-corrected chi connectivity index (χ3v) is 2.88. The number of carbonyl (C=O) groups excluding carboxylic acids is 2. The van der Waals surface area contributed by atoms with Crippen LogP contribution in [0.3, 0.4) is 0 Å². The number of alkyl carbamates (subject to hydrolysis) is 1. The number of aliphatic hydroxyl groups excluding tert-OH is 4. The molecular weight excluding hydrogens is 294 g/mol. The van der Waals surface area contributed by atoms with Gasteiger partial charge in [0.1, 0.15) is 37.2 Å². The number of ether oxygens (including phenoxy) is 1. The minimum Gasteiger partial charge on any atom is -0.445 e. The average Bonchev–Trinajstić information content (AvgIpc) is 2.59. The van der Waals surface area contributed by atoms with E-state index in [1.54, 1.807) is 30.3 Å². The molecular formula is C14H19NO7. The number of aliphatic hydroxyl groups is 4. The van der Waals surface area contributed by atoms with Gasteiger partial charge in [-0.3, -0.25) is 0 Å². The van der Waals surface area contributed by atoms with Crippen LogP contribution in [0.15, 0.2) is 30.3 Å². The lowest BCUT2D eigenvalue weighted by molar-refractivity contribution is -0.120. The molecule has 0 heterocycles. The van der Waals surface area contributed by atoms with E-state index in [-0.39, 0.29) is 18.2 Å². The summed E-state index contributed by atoms with van der Waals surface area (Å²) in [7, 11) is 0. The predicted octanol–water partition coefficient (Wildman–Crippen LogP) is -1.44. The Bertz CT molecular complexity index is 501. The number of amides is 1. The number of aldehydes is 1. The zero-order chi connectivity index (χ0) is 17.4. The molecule has 0 bridgehead atoms. The lowest BCUT2D eigenvalue weighted by Crippen LogP contribution is -2.53. The fourth-order valence-electron chi connectivity index (χ4n) is 1.60. The molecule has 1 aromatic carbocycles. The van der Waals surface area contributed by atoms with Crippen LogP contribution in [0.2, 0.25) is 1.41 Å². The molecule has 1 amide bonds. The van der Waals surface area contributed by atoms with Gasteiger partial charge in [0.25, 0.3) is 0 Å². The third-order valence-electron chi connectivity index (χ3n) is 2.88. The van der Waals surface area contributed by atoms with Crippen LogP contribution >= 0.6 is 0 Å². The van der Waals surface area contributed by atoms with E-state index < -0.39 is 37.1 Å². The number of rotatable bonds is 8. The van der Waals surface area contributed by atoms with Crippen LogP contribution in [0.1, 0.15) is 5.56 Å². The van der Waals surface area contributed by atoms with Crippen molar-refractivity contribution in [3.05, 3.63) is 35.9 Å². The van der Waals surface area contributed by atoms with Crippen molar-refractivity contribution in [3.8, 4) is 0 Å². The number of nitrogens with one attached hydrogen (secondary N) is 1. The van der Waals surface area contributed by atoms with Crippen LogP contribution in [-0.2, 0) is 16.1 Å². The fourth-order valence-corrected chi connectivity index (χ4v) is 1.60. The predicted molar refractivity (Wildman–Crippen MR) is 74.7 cm³/mol. The second-order valence-electron chi connectivity index (χ2n) is 4.53. The molecule has 8 heteroatoms. The minimum atomic E-state index is -1.96. The zero-order valence-electron chi connectivity index (χ0n) is 12.6. The number of benzene rings is 1. The summed E-state index contributed by atoms with van der Waals surface area (Å²) in [5.74, 6) is 0. The summed E-state index contributed by atoms with van der Waals surface area (Å²) < 4.78 is 12.4. The molecule has 0 aromatic heterocycles. The quantitative estimate of drug-likeness (QED) is 0.370.